The lowest BCUT2D eigenvalue weighted by atomic mass is 10.0. The SMILES string of the molecule is O=C(/C=C/c1ccsc1)N1CCC(Nc2cccnc2)CC1. The minimum absolute atomic E-state index is 0.103. The Balaban J connectivity index is 1.48. The number of nitrogens with zero attached hydrogens (tertiary/aromatic N) is 2. The predicted molar refractivity (Wildman–Crippen MR) is 90.8 cm³/mol. The quantitative estimate of drug-likeness (QED) is 0.881. The molecule has 1 saturated heterocycles. The highest BCUT2D eigenvalue weighted by atomic mass is 32.1. The molecule has 114 valence electrons. The molecule has 1 N–H and O–H groups in total. The Hall–Kier alpha value is -2.14. The van der Waals surface area contributed by atoms with Crippen molar-refractivity contribution >= 4 is 29.0 Å². The van der Waals surface area contributed by atoms with Crippen molar-refractivity contribution in [2.45, 2.75) is 18.9 Å². The van der Waals surface area contributed by atoms with Gasteiger partial charge in [0.15, 0.2) is 0 Å². The number of anilines is 1. The van der Waals surface area contributed by atoms with E-state index < -0.39 is 0 Å². The lowest BCUT2D eigenvalue weighted by Crippen LogP contribution is -2.41. The van der Waals surface area contributed by atoms with Gasteiger partial charge < -0.3 is 10.2 Å². The number of nitrogens with one attached hydrogen (secondary N) is 1. The second-order valence-corrected chi connectivity index (χ2v) is 6.16. The number of carbonyl (C=O) groups excluding carboxylic acids is 1. The fourth-order valence-corrected chi connectivity index (χ4v) is 3.20. The predicted octanol–water partition coefficient (Wildman–Crippen LogP) is 3.26. The van der Waals surface area contributed by atoms with E-state index in [2.05, 4.69) is 10.3 Å². The summed E-state index contributed by atoms with van der Waals surface area (Å²) >= 11 is 1.64. The minimum Gasteiger partial charge on any atom is -0.381 e. The summed E-state index contributed by atoms with van der Waals surface area (Å²) in [5, 5.41) is 7.53. The largest absolute Gasteiger partial charge is 0.381 e. The third-order valence-corrected chi connectivity index (χ3v) is 4.50. The summed E-state index contributed by atoms with van der Waals surface area (Å²) in [4.78, 5) is 18.2. The Morgan fingerprint density at radius 3 is 2.91 bits per heavy atom. The number of piperidine rings is 1. The topological polar surface area (TPSA) is 45.2 Å². The van der Waals surface area contributed by atoms with E-state index in [4.69, 9.17) is 0 Å². The number of pyridine rings is 1. The van der Waals surface area contributed by atoms with Crippen LogP contribution in [0.5, 0.6) is 0 Å². The van der Waals surface area contributed by atoms with E-state index in [1.165, 1.54) is 0 Å². The zero-order valence-electron chi connectivity index (χ0n) is 12.3. The highest BCUT2D eigenvalue weighted by Crippen LogP contribution is 2.16. The molecule has 0 saturated carbocycles. The van der Waals surface area contributed by atoms with Crippen LogP contribution >= 0.6 is 11.3 Å². The van der Waals surface area contributed by atoms with E-state index >= 15 is 0 Å². The maximum atomic E-state index is 12.2. The normalized spacial score (nSPS) is 16.1. The Labute approximate surface area is 134 Å². The second-order valence-electron chi connectivity index (χ2n) is 5.38. The van der Waals surface area contributed by atoms with E-state index in [9.17, 15) is 4.79 Å². The summed E-state index contributed by atoms with van der Waals surface area (Å²) in [6, 6.07) is 6.37. The van der Waals surface area contributed by atoms with E-state index in [1.54, 1.807) is 23.6 Å². The van der Waals surface area contributed by atoms with Gasteiger partial charge in [0.1, 0.15) is 0 Å². The van der Waals surface area contributed by atoms with Crippen molar-refractivity contribution in [2.24, 2.45) is 0 Å². The van der Waals surface area contributed by atoms with Crippen LogP contribution in [0.15, 0.2) is 47.4 Å². The molecule has 0 unspecified atom stereocenters. The molecule has 0 aromatic carbocycles. The molecule has 1 aliphatic heterocycles. The van der Waals surface area contributed by atoms with Crippen LogP contribution < -0.4 is 5.32 Å². The summed E-state index contributed by atoms with van der Waals surface area (Å²) in [6.45, 7) is 1.59. The van der Waals surface area contributed by atoms with Crippen LogP contribution in [-0.4, -0.2) is 34.9 Å². The molecular formula is C17H19N3OS. The molecule has 0 atom stereocenters. The molecule has 22 heavy (non-hydrogen) atoms. The summed E-state index contributed by atoms with van der Waals surface area (Å²) in [6.07, 6.45) is 9.10. The molecule has 3 heterocycles. The molecule has 1 aliphatic rings. The van der Waals surface area contributed by atoms with E-state index in [0.717, 1.165) is 37.2 Å². The van der Waals surface area contributed by atoms with Crippen LogP contribution in [0.25, 0.3) is 6.08 Å². The number of hydrogen-bond donors (Lipinski definition) is 1. The van der Waals surface area contributed by atoms with Crippen molar-refractivity contribution in [1.82, 2.24) is 9.88 Å². The van der Waals surface area contributed by atoms with Gasteiger partial charge in [-0.2, -0.15) is 11.3 Å². The summed E-state index contributed by atoms with van der Waals surface area (Å²) in [7, 11) is 0. The van der Waals surface area contributed by atoms with E-state index in [0.29, 0.717) is 6.04 Å². The molecule has 0 bridgehead atoms. The molecule has 5 heteroatoms. The van der Waals surface area contributed by atoms with Gasteiger partial charge in [-0.3, -0.25) is 9.78 Å². The molecule has 3 rings (SSSR count). The first-order valence-corrected chi connectivity index (χ1v) is 8.41. The summed E-state index contributed by atoms with van der Waals surface area (Å²) < 4.78 is 0. The molecule has 1 fully saturated rings. The van der Waals surface area contributed by atoms with Crippen molar-refractivity contribution in [2.75, 3.05) is 18.4 Å². The summed E-state index contributed by atoms with van der Waals surface area (Å²) in [5.74, 6) is 0.103. The number of rotatable bonds is 4. The number of thiophene rings is 1. The Kier molecular flexibility index (Phi) is 4.85. The van der Waals surface area contributed by atoms with E-state index in [-0.39, 0.29) is 5.91 Å². The van der Waals surface area contributed by atoms with Gasteiger partial charge in [0.05, 0.1) is 5.69 Å². The first-order chi connectivity index (χ1) is 10.8. The highest BCUT2D eigenvalue weighted by molar-refractivity contribution is 7.08. The standard InChI is InChI=1S/C17H19N3OS/c21-17(4-3-14-7-11-22-13-14)20-9-5-15(6-10-20)19-16-2-1-8-18-12-16/h1-4,7-8,11-13,15,19H,5-6,9-10H2/b4-3+. The number of amides is 1. The summed E-state index contributed by atoms with van der Waals surface area (Å²) in [5.41, 5.74) is 2.14. The zero-order chi connectivity index (χ0) is 15.2. The Morgan fingerprint density at radius 1 is 1.36 bits per heavy atom. The van der Waals surface area contributed by atoms with Gasteiger partial charge in [-0.15, -0.1) is 0 Å². The van der Waals surface area contributed by atoms with Crippen molar-refractivity contribution in [1.29, 1.82) is 0 Å². The second kappa shape index (κ2) is 7.22. The van der Waals surface area contributed by atoms with Gasteiger partial charge in [-0.05, 0) is 53.4 Å². The van der Waals surface area contributed by atoms with Crippen molar-refractivity contribution in [3.8, 4) is 0 Å². The van der Waals surface area contributed by atoms with Crippen LogP contribution in [0.2, 0.25) is 0 Å². The average Bonchev–Trinajstić information content (AvgIpc) is 3.08. The molecule has 2 aromatic heterocycles. The monoisotopic (exact) mass is 313 g/mol. The Morgan fingerprint density at radius 2 is 2.23 bits per heavy atom. The average molecular weight is 313 g/mol. The third kappa shape index (κ3) is 3.95. The number of aromatic nitrogens is 1. The van der Waals surface area contributed by atoms with E-state index in [1.807, 2.05) is 46.1 Å². The fourth-order valence-electron chi connectivity index (χ4n) is 2.57. The lowest BCUT2D eigenvalue weighted by molar-refractivity contribution is -0.126. The molecule has 1 amide bonds. The molecule has 2 aromatic rings. The number of likely N-dealkylation sites (tertiary alicyclic amines) is 1. The zero-order valence-corrected chi connectivity index (χ0v) is 13.1. The van der Waals surface area contributed by atoms with Gasteiger partial charge in [-0.25, -0.2) is 0 Å². The van der Waals surface area contributed by atoms with Crippen LogP contribution in [0.1, 0.15) is 18.4 Å². The van der Waals surface area contributed by atoms with Crippen molar-refractivity contribution in [3.63, 3.8) is 0 Å². The van der Waals surface area contributed by atoms with Gasteiger partial charge in [-0.1, -0.05) is 0 Å². The number of carbonyl (C=O) groups is 1. The van der Waals surface area contributed by atoms with Gasteiger partial charge in [0, 0.05) is 37.6 Å². The minimum atomic E-state index is 0.103. The highest BCUT2D eigenvalue weighted by Gasteiger charge is 2.21. The fraction of sp³-hybridized carbons (Fsp3) is 0.294. The first kappa shape index (κ1) is 14.8. The van der Waals surface area contributed by atoms with Gasteiger partial charge in [0.2, 0.25) is 5.91 Å². The molecule has 0 radical (unpaired) electrons. The molecular weight excluding hydrogens is 294 g/mol. The lowest BCUT2D eigenvalue weighted by Gasteiger charge is -2.32. The maximum absolute atomic E-state index is 12.2. The first-order valence-electron chi connectivity index (χ1n) is 7.47. The van der Waals surface area contributed by atoms with Gasteiger partial charge >= 0.3 is 0 Å². The van der Waals surface area contributed by atoms with Crippen LogP contribution in [0.3, 0.4) is 0 Å². The number of hydrogen-bond acceptors (Lipinski definition) is 4. The van der Waals surface area contributed by atoms with Crippen LogP contribution in [-0.2, 0) is 4.79 Å². The van der Waals surface area contributed by atoms with Crippen LogP contribution in [0.4, 0.5) is 5.69 Å². The van der Waals surface area contributed by atoms with Crippen molar-refractivity contribution < 1.29 is 4.79 Å². The molecule has 0 spiro atoms. The molecule has 0 aliphatic carbocycles. The van der Waals surface area contributed by atoms with Crippen LogP contribution in [0, 0.1) is 0 Å². The Bertz CT molecular complexity index is 617. The smallest absolute Gasteiger partial charge is 0.246 e. The maximum Gasteiger partial charge on any atom is 0.246 e. The molecule has 4 nitrogen and oxygen atoms in total. The third-order valence-electron chi connectivity index (χ3n) is 3.80. The van der Waals surface area contributed by atoms with Gasteiger partial charge in [0.25, 0.3) is 0 Å². The van der Waals surface area contributed by atoms with Crippen molar-refractivity contribution in [3.05, 3.63) is 53.0 Å².